The Bertz CT molecular complexity index is 959. The van der Waals surface area contributed by atoms with E-state index in [4.69, 9.17) is 25.8 Å². The van der Waals surface area contributed by atoms with Crippen LogP contribution in [0.5, 0.6) is 27.5 Å². The number of aromatic nitrogens is 1. The Balaban J connectivity index is 1.64. The van der Waals surface area contributed by atoms with Crippen molar-refractivity contribution in [2.75, 3.05) is 7.11 Å². The molecule has 0 fully saturated rings. The van der Waals surface area contributed by atoms with Gasteiger partial charge in [0, 0.05) is 18.0 Å². The fraction of sp³-hybridized carbons (Fsp3) is 0.200. The predicted octanol–water partition coefficient (Wildman–Crippen LogP) is 5.59. The number of rotatable bonds is 7. The number of carbonyl (C=O) groups is 1. The zero-order valence-electron chi connectivity index (χ0n) is 15.6. The van der Waals surface area contributed by atoms with Crippen LogP contribution in [0.4, 0.5) is 0 Å². The molecule has 0 aliphatic rings. The fourth-order valence-corrected chi connectivity index (χ4v) is 3.36. The molecule has 1 unspecified atom stereocenters. The van der Waals surface area contributed by atoms with Crippen molar-refractivity contribution in [2.24, 2.45) is 0 Å². The van der Waals surface area contributed by atoms with Gasteiger partial charge >= 0.3 is 0 Å². The van der Waals surface area contributed by atoms with Gasteiger partial charge in [-0.2, -0.15) is 0 Å². The largest absolute Gasteiger partial charge is 0.497 e. The van der Waals surface area contributed by atoms with Crippen molar-refractivity contribution in [3.8, 4) is 27.5 Å². The highest BCUT2D eigenvalue weighted by molar-refractivity contribution is 7.15. The molecule has 28 heavy (non-hydrogen) atoms. The zero-order valence-corrected chi connectivity index (χ0v) is 17.1. The van der Waals surface area contributed by atoms with Gasteiger partial charge in [-0.25, -0.2) is 4.98 Å². The Hall–Kier alpha value is -2.77. The minimum atomic E-state index is -0.0673. The maximum atomic E-state index is 11.2. The second-order valence-corrected chi connectivity index (χ2v) is 7.36. The number of amides is 1. The lowest BCUT2D eigenvalue weighted by Gasteiger charge is -2.13. The second kappa shape index (κ2) is 8.95. The number of hydrogen-bond acceptors (Lipinski definition) is 6. The SMILES string of the molecule is COc1cc(Cl)cc(Oc2ncc(Oc3ccc(C(C)NC(C)=O)cc3)s2)c1. The molecule has 0 saturated heterocycles. The monoisotopic (exact) mass is 418 g/mol. The van der Waals surface area contributed by atoms with Crippen LogP contribution in [0.3, 0.4) is 0 Å². The van der Waals surface area contributed by atoms with Gasteiger partial charge in [-0.05, 0) is 48.1 Å². The minimum Gasteiger partial charge on any atom is -0.497 e. The molecule has 0 aliphatic heterocycles. The molecule has 1 amide bonds. The molecule has 6 nitrogen and oxygen atoms in total. The molecule has 1 aromatic heterocycles. The van der Waals surface area contributed by atoms with E-state index >= 15 is 0 Å². The quantitative estimate of drug-likeness (QED) is 0.541. The lowest BCUT2D eigenvalue weighted by molar-refractivity contribution is -0.119. The summed E-state index contributed by atoms with van der Waals surface area (Å²) in [6.07, 6.45) is 1.59. The lowest BCUT2D eigenvalue weighted by Crippen LogP contribution is -2.23. The highest BCUT2D eigenvalue weighted by atomic mass is 35.5. The Morgan fingerprint density at radius 2 is 1.82 bits per heavy atom. The number of hydrogen-bond donors (Lipinski definition) is 1. The Morgan fingerprint density at radius 3 is 2.50 bits per heavy atom. The zero-order chi connectivity index (χ0) is 20.1. The Kier molecular flexibility index (Phi) is 6.38. The van der Waals surface area contributed by atoms with Crippen LogP contribution in [0.1, 0.15) is 25.5 Å². The van der Waals surface area contributed by atoms with E-state index in [0.717, 1.165) is 5.56 Å². The van der Waals surface area contributed by atoms with Crippen molar-refractivity contribution in [1.29, 1.82) is 0 Å². The Morgan fingerprint density at radius 1 is 1.11 bits per heavy atom. The third kappa shape index (κ3) is 5.37. The molecule has 1 heterocycles. The first-order valence-electron chi connectivity index (χ1n) is 8.46. The van der Waals surface area contributed by atoms with E-state index in [1.165, 1.54) is 18.3 Å². The van der Waals surface area contributed by atoms with Gasteiger partial charge in [0.1, 0.15) is 17.2 Å². The molecule has 3 aromatic rings. The van der Waals surface area contributed by atoms with Gasteiger partial charge in [-0.1, -0.05) is 23.7 Å². The van der Waals surface area contributed by atoms with Gasteiger partial charge in [-0.15, -0.1) is 0 Å². The molecule has 3 rings (SSSR count). The van der Waals surface area contributed by atoms with Crippen molar-refractivity contribution < 1.29 is 19.0 Å². The molecule has 1 N–H and O–H groups in total. The number of carbonyl (C=O) groups excluding carboxylic acids is 1. The summed E-state index contributed by atoms with van der Waals surface area (Å²) in [6.45, 7) is 3.42. The van der Waals surface area contributed by atoms with Crippen molar-refractivity contribution in [3.05, 3.63) is 59.2 Å². The van der Waals surface area contributed by atoms with E-state index in [-0.39, 0.29) is 11.9 Å². The summed E-state index contributed by atoms with van der Waals surface area (Å²) in [7, 11) is 1.56. The first kappa shape index (κ1) is 20.0. The lowest BCUT2D eigenvalue weighted by atomic mass is 10.1. The van der Waals surface area contributed by atoms with Crippen molar-refractivity contribution in [2.45, 2.75) is 19.9 Å². The highest BCUT2D eigenvalue weighted by Crippen LogP contribution is 2.36. The summed E-state index contributed by atoms with van der Waals surface area (Å²) in [5.74, 6) is 1.73. The van der Waals surface area contributed by atoms with E-state index in [1.54, 1.807) is 31.5 Å². The molecule has 0 bridgehead atoms. The average molecular weight is 419 g/mol. The van der Waals surface area contributed by atoms with Crippen molar-refractivity contribution in [1.82, 2.24) is 10.3 Å². The molecule has 0 radical (unpaired) electrons. The minimum absolute atomic E-state index is 0.0651. The molecular weight excluding hydrogens is 400 g/mol. The van der Waals surface area contributed by atoms with E-state index in [1.807, 2.05) is 31.2 Å². The van der Waals surface area contributed by atoms with Crippen LogP contribution in [-0.4, -0.2) is 18.0 Å². The molecule has 8 heteroatoms. The van der Waals surface area contributed by atoms with Crippen LogP contribution >= 0.6 is 22.9 Å². The Labute approximate surface area is 172 Å². The van der Waals surface area contributed by atoms with Crippen LogP contribution in [0.2, 0.25) is 5.02 Å². The van der Waals surface area contributed by atoms with Gasteiger partial charge in [0.15, 0.2) is 0 Å². The van der Waals surface area contributed by atoms with Crippen LogP contribution in [-0.2, 0) is 4.79 Å². The number of thiazole rings is 1. The first-order valence-corrected chi connectivity index (χ1v) is 9.65. The maximum absolute atomic E-state index is 11.2. The van der Waals surface area contributed by atoms with Crippen LogP contribution < -0.4 is 19.5 Å². The van der Waals surface area contributed by atoms with Gasteiger partial charge in [0.25, 0.3) is 5.19 Å². The summed E-state index contributed by atoms with van der Waals surface area (Å²) in [5, 5.41) is 4.37. The summed E-state index contributed by atoms with van der Waals surface area (Å²) in [5.41, 5.74) is 0.991. The third-order valence-corrected chi connectivity index (χ3v) is 4.74. The smallest absolute Gasteiger partial charge is 0.282 e. The maximum Gasteiger partial charge on any atom is 0.282 e. The summed E-state index contributed by atoms with van der Waals surface area (Å²) < 4.78 is 16.7. The first-order chi connectivity index (χ1) is 13.4. The number of halogens is 1. The predicted molar refractivity (Wildman–Crippen MR) is 109 cm³/mol. The van der Waals surface area contributed by atoms with E-state index < -0.39 is 0 Å². The van der Waals surface area contributed by atoms with Gasteiger partial charge < -0.3 is 19.5 Å². The van der Waals surface area contributed by atoms with Gasteiger partial charge in [0.05, 0.1) is 19.3 Å². The molecule has 0 aliphatic carbocycles. The molecule has 146 valence electrons. The topological polar surface area (TPSA) is 69.7 Å². The second-order valence-electron chi connectivity index (χ2n) is 5.97. The van der Waals surface area contributed by atoms with E-state index in [2.05, 4.69) is 10.3 Å². The number of methoxy groups -OCH3 is 1. The van der Waals surface area contributed by atoms with Crippen molar-refractivity contribution in [3.63, 3.8) is 0 Å². The molecule has 0 saturated carbocycles. The average Bonchev–Trinajstić information content (AvgIpc) is 3.08. The third-order valence-electron chi connectivity index (χ3n) is 3.77. The fourth-order valence-electron chi connectivity index (χ4n) is 2.48. The van der Waals surface area contributed by atoms with Gasteiger partial charge in [0.2, 0.25) is 11.0 Å². The van der Waals surface area contributed by atoms with Gasteiger partial charge in [-0.3, -0.25) is 4.79 Å². The normalized spacial score (nSPS) is 11.6. The number of ether oxygens (including phenoxy) is 3. The number of benzene rings is 2. The standard InChI is InChI=1S/C20H19ClN2O4S/c1-12(23-13(2)24)14-4-6-16(7-5-14)26-19-11-22-20(28-19)27-18-9-15(21)8-17(10-18)25-3/h4-12H,1-3H3,(H,23,24). The number of nitrogens with one attached hydrogen (secondary N) is 1. The number of nitrogens with zero attached hydrogens (tertiary/aromatic N) is 1. The molecule has 1 atom stereocenters. The van der Waals surface area contributed by atoms with Crippen LogP contribution in [0.15, 0.2) is 48.7 Å². The highest BCUT2D eigenvalue weighted by Gasteiger charge is 2.10. The molecular formula is C20H19ClN2O4S. The summed E-state index contributed by atoms with van der Waals surface area (Å²) in [4.78, 5) is 15.4. The summed E-state index contributed by atoms with van der Waals surface area (Å²) >= 11 is 7.31. The van der Waals surface area contributed by atoms with Crippen molar-refractivity contribution >= 4 is 28.8 Å². The van der Waals surface area contributed by atoms with Crippen LogP contribution in [0.25, 0.3) is 0 Å². The van der Waals surface area contributed by atoms with E-state index in [0.29, 0.717) is 32.5 Å². The van der Waals surface area contributed by atoms with E-state index in [9.17, 15) is 4.79 Å². The van der Waals surface area contributed by atoms with Crippen LogP contribution in [0, 0.1) is 0 Å². The molecule has 2 aromatic carbocycles. The molecule has 0 spiro atoms. The summed E-state index contributed by atoms with van der Waals surface area (Å²) in [6, 6.07) is 12.5.